The summed E-state index contributed by atoms with van der Waals surface area (Å²) in [6.07, 6.45) is 1.92. The summed E-state index contributed by atoms with van der Waals surface area (Å²) in [5, 5.41) is 12.0. The van der Waals surface area contributed by atoms with E-state index in [1.54, 1.807) is 6.07 Å². The van der Waals surface area contributed by atoms with Crippen LogP contribution in [0.3, 0.4) is 0 Å². The third kappa shape index (κ3) is 3.95. The molecule has 20 heavy (non-hydrogen) atoms. The van der Waals surface area contributed by atoms with E-state index in [1.165, 1.54) is 0 Å². The molecule has 0 aliphatic carbocycles. The van der Waals surface area contributed by atoms with Gasteiger partial charge in [0.1, 0.15) is 0 Å². The van der Waals surface area contributed by atoms with E-state index in [9.17, 15) is 4.79 Å². The van der Waals surface area contributed by atoms with Crippen molar-refractivity contribution in [1.29, 1.82) is 0 Å². The first-order valence-electron chi connectivity index (χ1n) is 7.07. The molecular formula is C15H23N3O2. The van der Waals surface area contributed by atoms with Crippen molar-refractivity contribution in [3.8, 4) is 0 Å². The molecule has 0 spiro atoms. The summed E-state index contributed by atoms with van der Waals surface area (Å²) in [7, 11) is 0. The average Bonchev–Trinajstić information content (AvgIpc) is 2.43. The minimum atomic E-state index is -0.0128. The van der Waals surface area contributed by atoms with Crippen LogP contribution in [0.4, 0.5) is 11.4 Å². The van der Waals surface area contributed by atoms with E-state index in [2.05, 4.69) is 10.2 Å². The molecule has 1 aliphatic heterocycles. The molecule has 0 radical (unpaired) electrons. The fraction of sp³-hybridized carbons (Fsp3) is 0.533. The third-order valence-corrected chi connectivity index (χ3v) is 3.87. The van der Waals surface area contributed by atoms with Crippen LogP contribution >= 0.6 is 0 Å². The molecule has 110 valence electrons. The molecule has 1 amide bonds. The van der Waals surface area contributed by atoms with Gasteiger partial charge in [-0.15, -0.1) is 0 Å². The second-order valence-electron chi connectivity index (χ2n) is 5.52. The van der Waals surface area contributed by atoms with Crippen LogP contribution in [-0.4, -0.2) is 42.2 Å². The van der Waals surface area contributed by atoms with Crippen molar-refractivity contribution in [2.45, 2.75) is 19.8 Å². The topological polar surface area (TPSA) is 78.6 Å². The van der Waals surface area contributed by atoms with E-state index in [-0.39, 0.29) is 12.5 Å². The Labute approximate surface area is 119 Å². The minimum absolute atomic E-state index is 0.0128. The molecule has 0 bridgehead atoms. The van der Waals surface area contributed by atoms with Gasteiger partial charge in [-0.2, -0.15) is 0 Å². The van der Waals surface area contributed by atoms with E-state index in [4.69, 9.17) is 10.8 Å². The number of carbonyl (C=O) groups is 1. The van der Waals surface area contributed by atoms with E-state index in [0.29, 0.717) is 18.2 Å². The summed E-state index contributed by atoms with van der Waals surface area (Å²) >= 11 is 0. The maximum atomic E-state index is 12.1. The number of piperidine rings is 1. The van der Waals surface area contributed by atoms with Crippen molar-refractivity contribution in [1.82, 2.24) is 4.90 Å². The Bertz CT molecular complexity index is 468. The minimum Gasteiger partial charge on any atom is -0.399 e. The van der Waals surface area contributed by atoms with Crippen LogP contribution < -0.4 is 11.1 Å². The van der Waals surface area contributed by atoms with Crippen LogP contribution in [0.1, 0.15) is 18.4 Å². The lowest BCUT2D eigenvalue weighted by atomic mass is 9.98. The Morgan fingerprint density at radius 3 is 2.80 bits per heavy atom. The molecule has 4 N–H and O–H groups in total. The van der Waals surface area contributed by atoms with Crippen molar-refractivity contribution in [3.05, 3.63) is 23.8 Å². The van der Waals surface area contributed by atoms with Crippen molar-refractivity contribution in [2.75, 3.05) is 37.3 Å². The monoisotopic (exact) mass is 277 g/mol. The van der Waals surface area contributed by atoms with Gasteiger partial charge >= 0.3 is 0 Å². The molecule has 5 nitrogen and oxygen atoms in total. The van der Waals surface area contributed by atoms with Crippen molar-refractivity contribution < 1.29 is 9.90 Å². The van der Waals surface area contributed by atoms with Crippen molar-refractivity contribution in [2.24, 2.45) is 5.92 Å². The Morgan fingerprint density at radius 1 is 1.45 bits per heavy atom. The van der Waals surface area contributed by atoms with Gasteiger partial charge < -0.3 is 16.2 Å². The van der Waals surface area contributed by atoms with E-state index in [1.807, 2.05) is 19.1 Å². The van der Waals surface area contributed by atoms with Gasteiger partial charge in [0.25, 0.3) is 0 Å². The Hall–Kier alpha value is -1.59. The quantitative estimate of drug-likeness (QED) is 0.723. The number of nitrogen functional groups attached to an aromatic ring is 1. The van der Waals surface area contributed by atoms with Crippen LogP contribution in [0.25, 0.3) is 0 Å². The molecule has 1 aliphatic rings. The summed E-state index contributed by atoms with van der Waals surface area (Å²) in [5.74, 6) is 0.381. The van der Waals surface area contributed by atoms with Crippen molar-refractivity contribution >= 4 is 17.3 Å². The zero-order valence-electron chi connectivity index (χ0n) is 11.9. The molecule has 1 fully saturated rings. The number of nitrogens with zero attached hydrogens (tertiary/aromatic N) is 1. The summed E-state index contributed by atoms with van der Waals surface area (Å²) in [5.41, 5.74) is 8.16. The molecule has 1 aromatic rings. The number of likely N-dealkylation sites (tertiary alicyclic amines) is 1. The number of carbonyl (C=O) groups excluding carboxylic acids is 1. The maximum absolute atomic E-state index is 12.1. The van der Waals surface area contributed by atoms with Gasteiger partial charge in [0.05, 0.1) is 6.54 Å². The number of nitrogens with one attached hydrogen (secondary N) is 1. The zero-order chi connectivity index (χ0) is 14.5. The van der Waals surface area contributed by atoms with Gasteiger partial charge in [0, 0.05) is 18.0 Å². The van der Waals surface area contributed by atoms with E-state index in [0.717, 1.165) is 37.2 Å². The normalized spacial score (nSPS) is 17.1. The fourth-order valence-corrected chi connectivity index (χ4v) is 2.49. The first-order valence-corrected chi connectivity index (χ1v) is 7.07. The Morgan fingerprint density at radius 2 is 2.15 bits per heavy atom. The number of rotatable bonds is 4. The lowest BCUT2D eigenvalue weighted by Gasteiger charge is -2.30. The molecule has 0 saturated carbocycles. The number of hydrogen-bond donors (Lipinski definition) is 3. The number of hydrogen-bond acceptors (Lipinski definition) is 4. The summed E-state index contributed by atoms with van der Waals surface area (Å²) < 4.78 is 0. The highest BCUT2D eigenvalue weighted by atomic mass is 16.3. The molecule has 1 aromatic carbocycles. The van der Waals surface area contributed by atoms with E-state index < -0.39 is 0 Å². The number of aryl methyl sites for hydroxylation is 1. The SMILES string of the molecule is Cc1ccc(N)cc1NC(=O)CN1CCC(CO)CC1. The van der Waals surface area contributed by atoms with Crippen LogP contribution in [0.15, 0.2) is 18.2 Å². The lowest BCUT2D eigenvalue weighted by Crippen LogP contribution is -2.39. The number of anilines is 2. The Balaban J connectivity index is 1.85. The van der Waals surface area contributed by atoms with Gasteiger partial charge in [0.15, 0.2) is 0 Å². The highest BCUT2D eigenvalue weighted by molar-refractivity contribution is 5.93. The number of aliphatic hydroxyl groups is 1. The van der Waals surface area contributed by atoms with Gasteiger partial charge in [-0.25, -0.2) is 0 Å². The predicted molar refractivity (Wildman–Crippen MR) is 80.5 cm³/mol. The number of benzene rings is 1. The standard InChI is InChI=1S/C15H23N3O2/c1-11-2-3-13(16)8-14(11)17-15(20)9-18-6-4-12(10-19)5-7-18/h2-3,8,12,19H,4-7,9-10,16H2,1H3,(H,17,20). The van der Waals surface area contributed by atoms with Gasteiger partial charge in [-0.1, -0.05) is 6.07 Å². The van der Waals surface area contributed by atoms with E-state index >= 15 is 0 Å². The van der Waals surface area contributed by atoms with Crippen LogP contribution in [0, 0.1) is 12.8 Å². The van der Waals surface area contributed by atoms with Crippen LogP contribution in [0.2, 0.25) is 0 Å². The number of amides is 1. The molecular weight excluding hydrogens is 254 g/mol. The molecule has 0 atom stereocenters. The molecule has 1 saturated heterocycles. The zero-order valence-corrected chi connectivity index (χ0v) is 11.9. The van der Waals surface area contributed by atoms with Gasteiger partial charge in [0.2, 0.25) is 5.91 Å². The molecule has 0 unspecified atom stereocenters. The van der Waals surface area contributed by atoms with Gasteiger partial charge in [-0.3, -0.25) is 9.69 Å². The first-order chi connectivity index (χ1) is 9.58. The number of nitrogens with two attached hydrogens (primary N) is 1. The largest absolute Gasteiger partial charge is 0.399 e. The third-order valence-electron chi connectivity index (χ3n) is 3.87. The summed E-state index contributed by atoms with van der Waals surface area (Å²) in [6.45, 7) is 4.33. The van der Waals surface area contributed by atoms with Gasteiger partial charge in [-0.05, 0) is 56.5 Å². The Kier molecular flexibility index (Phi) is 4.98. The van der Waals surface area contributed by atoms with Crippen molar-refractivity contribution in [3.63, 3.8) is 0 Å². The fourth-order valence-electron chi connectivity index (χ4n) is 2.49. The summed E-state index contributed by atoms with van der Waals surface area (Å²) in [4.78, 5) is 14.2. The lowest BCUT2D eigenvalue weighted by molar-refractivity contribution is -0.117. The molecule has 0 aromatic heterocycles. The predicted octanol–water partition coefficient (Wildman–Crippen LogP) is 1.22. The second-order valence-corrected chi connectivity index (χ2v) is 5.52. The molecule has 2 rings (SSSR count). The highest BCUT2D eigenvalue weighted by Gasteiger charge is 2.20. The van der Waals surface area contributed by atoms with Crippen LogP contribution in [-0.2, 0) is 4.79 Å². The number of aliphatic hydroxyl groups excluding tert-OH is 1. The average molecular weight is 277 g/mol. The first kappa shape index (κ1) is 14.8. The maximum Gasteiger partial charge on any atom is 0.238 e. The highest BCUT2D eigenvalue weighted by Crippen LogP contribution is 2.19. The summed E-state index contributed by atoms with van der Waals surface area (Å²) in [6, 6.07) is 5.51. The smallest absolute Gasteiger partial charge is 0.238 e. The molecule has 1 heterocycles. The van der Waals surface area contributed by atoms with Crippen LogP contribution in [0.5, 0.6) is 0 Å². The molecule has 5 heteroatoms. The second kappa shape index (κ2) is 6.72.